The smallest absolute Gasteiger partial charge is 0.338 e. The predicted octanol–water partition coefficient (Wildman–Crippen LogP) is 1.37. The molecule has 0 aliphatic carbocycles. The lowest BCUT2D eigenvalue weighted by atomic mass is 10.6. The molecule has 1 heterocycles. The summed E-state index contributed by atoms with van der Waals surface area (Å²) in [4.78, 5) is 29.1. The van der Waals surface area contributed by atoms with Gasteiger partial charge in [-0.15, -0.1) is 6.58 Å². The first kappa shape index (κ1) is 31.0. The van der Waals surface area contributed by atoms with Crippen molar-refractivity contribution in [1.82, 2.24) is 0 Å². The third-order valence-electron chi connectivity index (χ3n) is 0.898. The maximum absolute atomic E-state index is 9.92. The second-order valence-corrected chi connectivity index (χ2v) is 2.38. The van der Waals surface area contributed by atoms with E-state index in [0.717, 1.165) is 18.2 Å². The van der Waals surface area contributed by atoms with Crippen molar-refractivity contribution in [2.75, 3.05) is 6.54 Å². The number of carbonyl (C=O) groups is 3. The van der Waals surface area contributed by atoms with Gasteiger partial charge in [0.2, 0.25) is 0 Å². The van der Waals surface area contributed by atoms with E-state index in [1.165, 1.54) is 6.20 Å². The van der Waals surface area contributed by atoms with Crippen LogP contribution in [-0.2, 0) is 19.1 Å². The van der Waals surface area contributed by atoms with Crippen molar-refractivity contribution in [1.29, 1.82) is 0 Å². The van der Waals surface area contributed by atoms with Crippen LogP contribution in [0.1, 0.15) is 14.9 Å². The Morgan fingerprint density at radius 1 is 1.19 bits per heavy atom. The van der Waals surface area contributed by atoms with E-state index in [9.17, 15) is 14.4 Å². The topological polar surface area (TPSA) is 133 Å². The number of hydrogen-bond donors (Lipinski definition) is 3. The molecule has 0 unspecified atom stereocenters. The molecule has 0 saturated carbocycles. The van der Waals surface area contributed by atoms with Gasteiger partial charge in [0, 0.05) is 24.8 Å². The van der Waals surface area contributed by atoms with E-state index in [1.54, 1.807) is 6.08 Å². The molecule has 122 valence electrons. The molecule has 0 amide bonds. The van der Waals surface area contributed by atoms with Crippen molar-refractivity contribution in [3.63, 3.8) is 0 Å². The molecule has 0 aromatic heterocycles. The second kappa shape index (κ2) is 26.0. The van der Waals surface area contributed by atoms with Crippen LogP contribution in [0.15, 0.2) is 50.2 Å². The summed E-state index contributed by atoms with van der Waals surface area (Å²) in [5.41, 5.74) is 9.52. The molecule has 1 aliphatic rings. The molecule has 21 heavy (non-hydrogen) atoms. The van der Waals surface area contributed by atoms with Crippen molar-refractivity contribution >= 4 is 17.9 Å². The van der Waals surface area contributed by atoms with Crippen LogP contribution in [0.5, 0.6) is 0 Å². The first-order valence-corrected chi connectivity index (χ1v) is 4.82. The number of carboxylic acids is 1. The molecular formula is C14H26N2O5. The number of aliphatic carboxylic acids is 1. The summed E-state index contributed by atoms with van der Waals surface area (Å²) < 4.78 is 3.97. The van der Waals surface area contributed by atoms with E-state index in [4.69, 9.17) is 10.8 Å². The highest BCUT2D eigenvalue weighted by molar-refractivity contribution is 6.04. The van der Waals surface area contributed by atoms with Gasteiger partial charge >= 0.3 is 17.9 Å². The molecule has 0 bridgehead atoms. The van der Waals surface area contributed by atoms with Crippen molar-refractivity contribution in [2.45, 2.75) is 14.9 Å². The van der Waals surface area contributed by atoms with Gasteiger partial charge in [0.15, 0.2) is 0 Å². The van der Waals surface area contributed by atoms with Gasteiger partial charge in [-0.1, -0.05) is 34.1 Å². The number of carboxylic acid groups (broad SMARTS) is 1. The van der Waals surface area contributed by atoms with Gasteiger partial charge in [-0.3, -0.25) is 0 Å². The normalized spacial score (nSPS) is 9.19. The zero-order valence-corrected chi connectivity index (χ0v) is 10.5. The minimum atomic E-state index is -0.981. The minimum Gasteiger partial charge on any atom is -0.478 e. The Labute approximate surface area is 126 Å². The van der Waals surface area contributed by atoms with E-state index in [1.807, 2.05) is 0 Å². The predicted molar refractivity (Wildman–Crippen MR) is 85.2 cm³/mol. The lowest BCUT2D eigenvalue weighted by Crippen LogP contribution is -1.96. The van der Waals surface area contributed by atoms with Crippen molar-refractivity contribution in [3.05, 3.63) is 50.2 Å². The fourth-order valence-corrected chi connectivity index (χ4v) is 0.303. The van der Waals surface area contributed by atoms with Crippen LogP contribution in [0.2, 0.25) is 0 Å². The molecule has 0 aromatic carbocycles. The van der Waals surface area contributed by atoms with Crippen molar-refractivity contribution < 1.29 is 24.2 Å². The summed E-state index contributed by atoms with van der Waals surface area (Å²) >= 11 is 0. The van der Waals surface area contributed by atoms with Gasteiger partial charge in [-0.05, 0) is 6.20 Å². The van der Waals surface area contributed by atoms with Crippen LogP contribution in [0.4, 0.5) is 0 Å². The Morgan fingerprint density at radius 2 is 1.43 bits per heavy atom. The summed E-state index contributed by atoms with van der Waals surface area (Å²) in [6.07, 6.45) is 5.91. The Bertz CT molecular complexity index is 333. The maximum atomic E-state index is 9.92. The summed E-state index contributed by atoms with van der Waals surface area (Å²) in [7, 11) is 0. The SMILES string of the molecule is C.C.C=CC(=O)O.C=CCN.C=CN.O=C1C=CC(=O)O1. The summed E-state index contributed by atoms with van der Waals surface area (Å²) in [6.45, 7) is 10.0. The molecule has 1 rings (SSSR count). The van der Waals surface area contributed by atoms with Crippen LogP contribution < -0.4 is 11.5 Å². The largest absolute Gasteiger partial charge is 0.478 e. The molecular weight excluding hydrogens is 276 g/mol. The maximum Gasteiger partial charge on any atom is 0.338 e. The standard InChI is InChI=1S/C4H2O3.C3H7N.C3H4O2.C2H5N.2CH4/c5-3-1-2-4(6)7-3;1-2-3-4;1-2-3(4)5;1-2-3;;/h1-2H;2H,1,3-4H2;2H,1H2,(H,4,5);2H,1,3H2;2*1H4. The number of cyclic esters (lactones) is 2. The Morgan fingerprint density at radius 3 is 1.48 bits per heavy atom. The van der Waals surface area contributed by atoms with Crippen LogP contribution in [-0.4, -0.2) is 29.6 Å². The third kappa shape index (κ3) is 46.8. The number of carbonyl (C=O) groups excluding carboxylic acids is 2. The second-order valence-electron chi connectivity index (χ2n) is 2.38. The van der Waals surface area contributed by atoms with Gasteiger partial charge < -0.3 is 21.3 Å². The number of ether oxygens (including phenoxy) is 1. The molecule has 1 aliphatic heterocycles. The van der Waals surface area contributed by atoms with E-state index >= 15 is 0 Å². The molecule has 0 atom stereocenters. The Balaban J connectivity index is -0.0000000553. The van der Waals surface area contributed by atoms with Gasteiger partial charge in [0.05, 0.1) is 0 Å². The average molecular weight is 302 g/mol. The highest BCUT2D eigenvalue weighted by Crippen LogP contribution is 1.92. The fraction of sp³-hybridized carbons (Fsp3) is 0.214. The third-order valence-corrected chi connectivity index (χ3v) is 0.898. The van der Waals surface area contributed by atoms with Crippen molar-refractivity contribution in [3.8, 4) is 0 Å². The lowest BCUT2D eigenvalue weighted by Gasteiger charge is -1.80. The molecule has 7 nitrogen and oxygen atoms in total. The summed E-state index contributed by atoms with van der Waals surface area (Å²) in [5.74, 6) is -2.14. The lowest BCUT2D eigenvalue weighted by molar-refractivity contribution is -0.150. The van der Waals surface area contributed by atoms with E-state index in [0.29, 0.717) is 6.54 Å². The molecule has 0 spiro atoms. The zero-order valence-electron chi connectivity index (χ0n) is 10.5. The van der Waals surface area contributed by atoms with E-state index in [2.05, 4.69) is 30.2 Å². The number of rotatable bonds is 2. The number of nitrogens with two attached hydrogens (primary N) is 2. The van der Waals surface area contributed by atoms with Crippen LogP contribution in [0, 0.1) is 0 Å². The fourth-order valence-electron chi connectivity index (χ4n) is 0.303. The molecule has 7 heteroatoms. The minimum absolute atomic E-state index is 0. The molecule has 0 radical (unpaired) electrons. The average Bonchev–Trinajstić information content (AvgIpc) is 2.75. The van der Waals surface area contributed by atoms with E-state index in [-0.39, 0.29) is 14.9 Å². The highest BCUT2D eigenvalue weighted by Gasteiger charge is 2.10. The summed E-state index contributed by atoms with van der Waals surface area (Å²) in [6, 6.07) is 0. The van der Waals surface area contributed by atoms with E-state index < -0.39 is 17.9 Å². The van der Waals surface area contributed by atoms with Crippen LogP contribution in [0.25, 0.3) is 0 Å². The molecule has 0 fully saturated rings. The van der Waals surface area contributed by atoms with Gasteiger partial charge in [0.1, 0.15) is 0 Å². The Hall–Kier alpha value is -2.67. The Kier molecular flexibility index (Phi) is 38.4. The van der Waals surface area contributed by atoms with Crippen molar-refractivity contribution in [2.24, 2.45) is 11.5 Å². The highest BCUT2D eigenvalue weighted by atomic mass is 16.6. The monoisotopic (exact) mass is 302 g/mol. The number of hydrogen-bond acceptors (Lipinski definition) is 6. The number of esters is 2. The zero-order chi connectivity index (χ0) is 15.7. The first-order valence-electron chi connectivity index (χ1n) is 4.82. The quantitative estimate of drug-likeness (QED) is 0.303. The van der Waals surface area contributed by atoms with Gasteiger partial charge in [-0.25, -0.2) is 14.4 Å². The first-order chi connectivity index (χ1) is 8.89. The van der Waals surface area contributed by atoms with Gasteiger partial charge in [0.25, 0.3) is 0 Å². The molecule has 0 saturated heterocycles. The summed E-state index contributed by atoms with van der Waals surface area (Å²) in [5, 5.41) is 7.60. The molecule has 5 N–H and O–H groups in total. The van der Waals surface area contributed by atoms with Crippen LogP contribution >= 0.6 is 0 Å². The van der Waals surface area contributed by atoms with Gasteiger partial charge in [-0.2, -0.15) is 0 Å². The molecule has 0 aromatic rings. The van der Waals surface area contributed by atoms with Crippen LogP contribution in [0.3, 0.4) is 0 Å².